The van der Waals surface area contributed by atoms with Gasteiger partial charge in [0, 0.05) is 36.3 Å². The van der Waals surface area contributed by atoms with Crippen molar-refractivity contribution in [3.63, 3.8) is 0 Å². The summed E-state index contributed by atoms with van der Waals surface area (Å²) >= 11 is 0. The first-order valence-electron chi connectivity index (χ1n) is 7.82. The van der Waals surface area contributed by atoms with Crippen LogP contribution in [0.2, 0.25) is 0 Å². The van der Waals surface area contributed by atoms with Crippen molar-refractivity contribution in [3.8, 4) is 0 Å². The molecule has 3 N–H and O–H groups in total. The summed E-state index contributed by atoms with van der Waals surface area (Å²) in [5, 5.41) is 12.4. The lowest BCUT2D eigenvalue weighted by Gasteiger charge is -2.40. The van der Waals surface area contributed by atoms with E-state index in [1.165, 1.54) is 6.42 Å². The summed E-state index contributed by atoms with van der Waals surface area (Å²) in [5.74, 6) is 1.41. The van der Waals surface area contributed by atoms with Gasteiger partial charge < -0.3 is 15.7 Å². The van der Waals surface area contributed by atoms with Gasteiger partial charge in [0.1, 0.15) is 11.6 Å². The number of hydrogen-bond donors (Lipinski definition) is 2. The molecule has 3 rings (SSSR count). The number of nitrogens with two attached hydrogens (primary N) is 1. The quantitative estimate of drug-likeness (QED) is 0.911. The molecule has 2 aromatic heterocycles. The van der Waals surface area contributed by atoms with E-state index in [-0.39, 0.29) is 5.92 Å². The molecule has 1 saturated heterocycles. The maximum atomic E-state index is 10.4. The van der Waals surface area contributed by atoms with Gasteiger partial charge in [0.25, 0.3) is 0 Å². The summed E-state index contributed by atoms with van der Waals surface area (Å²) in [6.07, 6.45) is 4.87. The molecule has 0 saturated carbocycles. The predicted molar refractivity (Wildman–Crippen MR) is 90.1 cm³/mol. The first kappa shape index (κ1) is 15.0. The second kappa shape index (κ2) is 5.09. The second-order valence-electron chi connectivity index (χ2n) is 6.90. The Morgan fingerprint density at radius 1 is 1.32 bits per heavy atom. The molecule has 3 heterocycles. The van der Waals surface area contributed by atoms with E-state index < -0.39 is 5.60 Å². The van der Waals surface area contributed by atoms with Crippen LogP contribution in [-0.2, 0) is 0 Å². The van der Waals surface area contributed by atoms with Crippen LogP contribution in [0.4, 0.5) is 11.6 Å². The lowest BCUT2D eigenvalue weighted by atomic mass is 9.85. The van der Waals surface area contributed by atoms with Gasteiger partial charge in [-0.15, -0.1) is 0 Å². The minimum Gasteiger partial charge on any atom is -0.390 e. The molecule has 0 radical (unpaired) electrons. The van der Waals surface area contributed by atoms with Crippen molar-refractivity contribution in [1.29, 1.82) is 0 Å². The normalized spacial score (nSPS) is 20.0. The number of nitrogens with zero attached hydrogens (tertiary/aromatic N) is 3. The molecule has 22 heavy (non-hydrogen) atoms. The SMILES string of the molecule is CC(c1cnc(N2CC[C@H]2C)c2cnc(N)cc12)C(C)(C)O. The van der Waals surface area contributed by atoms with Crippen LogP contribution in [0.5, 0.6) is 0 Å². The van der Waals surface area contributed by atoms with Gasteiger partial charge in [-0.1, -0.05) is 6.92 Å². The van der Waals surface area contributed by atoms with Crippen LogP contribution >= 0.6 is 0 Å². The summed E-state index contributed by atoms with van der Waals surface area (Å²) < 4.78 is 0. The smallest absolute Gasteiger partial charge is 0.138 e. The summed E-state index contributed by atoms with van der Waals surface area (Å²) in [6.45, 7) is 8.88. The minimum atomic E-state index is -0.821. The summed E-state index contributed by atoms with van der Waals surface area (Å²) in [4.78, 5) is 11.2. The van der Waals surface area contributed by atoms with Gasteiger partial charge >= 0.3 is 0 Å². The lowest BCUT2D eigenvalue weighted by Crippen LogP contribution is -2.46. The van der Waals surface area contributed by atoms with Crippen LogP contribution in [-0.4, -0.2) is 33.3 Å². The molecule has 2 aromatic rings. The first-order valence-corrected chi connectivity index (χ1v) is 7.82. The average molecular weight is 300 g/mol. The molecule has 0 aliphatic carbocycles. The van der Waals surface area contributed by atoms with Crippen molar-refractivity contribution < 1.29 is 5.11 Å². The topological polar surface area (TPSA) is 75.3 Å². The van der Waals surface area contributed by atoms with Crippen LogP contribution < -0.4 is 10.6 Å². The van der Waals surface area contributed by atoms with E-state index in [0.29, 0.717) is 11.9 Å². The van der Waals surface area contributed by atoms with E-state index in [1.54, 1.807) is 6.20 Å². The number of aliphatic hydroxyl groups is 1. The lowest BCUT2D eigenvalue weighted by molar-refractivity contribution is 0.0562. The van der Waals surface area contributed by atoms with Gasteiger partial charge in [0.2, 0.25) is 0 Å². The van der Waals surface area contributed by atoms with E-state index in [2.05, 4.69) is 21.8 Å². The number of rotatable bonds is 3. The number of aromatic nitrogens is 2. The highest BCUT2D eigenvalue weighted by Crippen LogP contribution is 2.37. The average Bonchev–Trinajstić information content (AvgIpc) is 2.44. The Balaban J connectivity index is 2.19. The highest BCUT2D eigenvalue weighted by atomic mass is 16.3. The fraction of sp³-hybridized carbons (Fsp3) is 0.529. The summed E-state index contributed by atoms with van der Waals surface area (Å²) in [6, 6.07) is 2.40. The van der Waals surface area contributed by atoms with Crippen molar-refractivity contribution >= 4 is 22.4 Å². The third-order valence-electron chi connectivity index (χ3n) is 4.92. The standard InChI is InChI=1S/C17H24N4O/c1-10-5-6-21(10)16-14-9-19-15(18)7-12(14)13(8-20-16)11(2)17(3,4)22/h7-11,22H,5-6H2,1-4H3,(H2,18,19)/t10-,11?/m1/s1. The molecule has 0 spiro atoms. The van der Waals surface area contributed by atoms with Crippen molar-refractivity contribution in [2.45, 2.75) is 51.7 Å². The zero-order chi connectivity index (χ0) is 16.1. The minimum absolute atomic E-state index is 0.0489. The predicted octanol–water partition coefficient (Wildman–Crippen LogP) is 2.69. The summed E-state index contributed by atoms with van der Waals surface area (Å²) in [5.41, 5.74) is 6.08. The van der Waals surface area contributed by atoms with E-state index in [0.717, 1.165) is 28.7 Å². The largest absolute Gasteiger partial charge is 0.390 e. The molecule has 1 aliphatic rings. The van der Waals surface area contributed by atoms with E-state index in [1.807, 2.05) is 33.0 Å². The molecule has 1 fully saturated rings. The van der Waals surface area contributed by atoms with Crippen LogP contribution in [0.3, 0.4) is 0 Å². The van der Waals surface area contributed by atoms with E-state index >= 15 is 0 Å². The molecule has 0 amide bonds. The van der Waals surface area contributed by atoms with Crippen LogP contribution in [0.1, 0.15) is 45.6 Å². The number of fused-ring (bicyclic) bond motifs is 1. The fourth-order valence-corrected chi connectivity index (χ4v) is 2.94. The molecule has 5 heteroatoms. The van der Waals surface area contributed by atoms with Gasteiger partial charge in [-0.05, 0) is 44.2 Å². The summed E-state index contributed by atoms with van der Waals surface area (Å²) in [7, 11) is 0. The number of pyridine rings is 2. The number of hydrogen-bond acceptors (Lipinski definition) is 5. The van der Waals surface area contributed by atoms with Gasteiger partial charge in [0.15, 0.2) is 0 Å². The fourth-order valence-electron chi connectivity index (χ4n) is 2.94. The Kier molecular flexibility index (Phi) is 3.48. The maximum Gasteiger partial charge on any atom is 0.138 e. The molecule has 0 bridgehead atoms. The number of nitrogen functional groups attached to an aromatic ring is 1. The van der Waals surface area contributed by atoms with Crippen LogP contribution in [0, 0.1) is 0 Å². The van der Waals surface area contributed by atoms with Crippen molar-refractivity contribution in [2.24, 2.45) is 0 Å². The zero-order valence-corrected chi connectivity index (χ0v) is 13.7. The van der Waals surface area contributed by atoms with Gasteiger partial charge in [-0.3, -0.25) is 0 Å². The number of anilines is 2. The Labute approximate surface area is 131 Å². The second-order valence-corrected chi connectivity index (χ2v) is 6.90. The third-order valence-corrected chi connectivity index (χ3v) is 4.92. The third kappa shape index (κ3) is 2.39. The highest BCUT2D eigenvalue weighted by molar-refractivity contribution is 5.95. The van der Waals surface area contributed by atoms with Crippen molar-refractivity contribution in [1.82, 2.24) is 9.97 Å². The zero-order valence-electron chi connectivity index (χ0n) is 13.7. The monoisotopic (exact) mass is 300 g/mol. The van der Waals surface area contributed by atoms with Gasteiger partial charge in [0.05, 0.1) is 5.60 Å². The van der Waals surface area contributed by atoms with E-state index in [9.17, 15) is 5.11 Å². The van der Waals surface area contributed by atoms with Crippen LogP contribution in [0.25, 0.3) is 10.8 Å². The molecular weight excluding hydrogens is 276 g/mol. The Morgan fingerprint density at radius 3 is 2.59 bits per heavy atom. The Bertz CT molecular complexity index is 708. The first-order chi connectivity index (χ1) is 10.3. The van der Waals surface area contributed by atoms with Gasteiger partial charge in [-0.2, -0.15) is 0 Å². The molecule has 5 nitrogen and oxygen atoms in total. The molecule has 1 unspecified atom stereocenters. The Hall–Kier alpha value is -1.88. The molecule has 0 aromatic carbocycles. The molecule has 2 atom stereocenters. The van der Waals surface area contributed by atoms with Crippen molar-refractivity contribution in [3.05, 3.63) is 24.0 Å². The van der Waals surface area contributed by atoms with Crippen molar-refractivity contribution in [2.75, 3.05) is 17.2 Å². The Morgan fingerprint density at radius 2 is 2.05 bits per heavy atom. The molecule has 1 aliphatic heterocycles. The molecular formula is C17H24N4O. The van der Waals surface area contributed by atoms with E-state index in [4.69, 9.17) is 5.73 Å². The highest BCUT2D eigenvalue weighted by Gasteiger charge is 2.30. The maximum absolute atomic E-state index is 10.4. The molecule has 118 valence electrons. The van der Waals surface area contributed by atoms with Crippen LogP contribution in [0.15, 0.2) is 18.5 Å². The van der Waals surface area contributed by atoms with Gasteiger partial charge in [-0.25, -0.2) is 9.97 Å².